The van der Waals surface area contributed by atoms with Gasteiger partial charge in [-0.15, -0.1) is 0 Å². The van der Waals surface area contributed by atoms with Gasteiger partial charge in [-0.1, -0.05) is 60.1 Å². The van der Waals surface area contributed by atoms with Gasteiger partial charge in [-0.2, -0.15) is 10.2 Å². The van der Waals surface area contributed by atoms with E-state index in [-0.39, 0.29) is 5.92 Å². The van der Waals surface area contributed by atoms with E-state index in [0.29, 0.717) is 0 Å². The molecule has 0 aliphatic carbocycles. The van der Waals surface area contributed by atoms with Crippen molar-refractivity contribution in [3.05, 3.63) is 118 Å². The lowest BCUT2D eigenvalue weighted by atomic mass is 9.82. The minimum absolute atomic E-state index is 0.0107. The number of hydrogen-bond donors (Lipinski definition) is 1. The zero-order valence-electron chi connectivity index (χ0n) is 18.3. The Morgan fingerprint density at radius 2 is 1.12 bits per heavy atom. The third-order valence-electron chi connectivity index (χ3n) is 6.23. The van der Waals surface area contributed by atoms with Crippen LogP contribution in [0.3, 0.4) is 0 Å². The van der Waals surface area contributed by atoms with Gasteiger partial charge in [0.2, 0.25) is 0 Å². The highest BCUT2D eigenvalue weighted by atomic mass is 35.5. The van der Waals surface area contributed by atoms with Gasteiger partial charge < -0.3 is 5.32 Å². The number of rotatable bonds is 3. The van der Waals surface area contributed by atoms with Crippen molar-refractivity contribution in [3.8, 4) is 11.4 Å². The van der Waals surface area contributed by atoms with E-state index < -0.39 is 0 Å². The van der Waals surface area contributed by atoms with Gasteiger partial charge in [0.15, 0.2) is 0 Å². The molecule has 1 aliphatic rings. The molecule has 5 aromatic rings. The zero-order chi connectivity index (χ0) is 22.5. The van der Waals surface area contributed by atoms with Crippen LogP contribution in [-0.2, 0) is 0 Å². The van der Waals surface area contributed by atoms with Crippen molar-refractivity contribution in [2.75, 3.05) is 5.32 Å². The molecule has 0 radical (unpaired) electrons. The molecule has 0 fully saturated rings. The van der Waals surface area contributed by atoms with Crippen molar-refractivity contribution in [2.24, 2.45) is 0 Å². The highest BCUT2D eigenvalue weighted by molar-refractivity contribution is 6.30. The van der Waals surface area contributed by atoms with Crippen molar-refractivity contribution in [3.63, 3.8) is 0 Å². The van der Waals surface area contributed by atoms with Crippen molar-refractivity contribution >= 4 is 23.2 Å². The largest absolute Gasteiger partial charge is 0.324 e. The quantitative estimate of drug-likeness (QED) is 0.331. The molecule has 0 amide bonds. The molecule has 1 N–H and O–H groups in total. The van der Waals surface area contributed by atoms with Gasteiger partial charge in [0.1, 0.15) is 11.6 Å². The van der Waals surface area contributed by atoms with Crippen LogP contribution in [0.5, 0.6) is 0 Å². The number of para-hydroxylation sites is 2. The molecule has 0 saturated carbocycles. The number of halogens is 1. The average molecular weight is 452 g/mol. The predicted octanol–water partition coefficient (Wildman–Crippen LogP) is 6.57. The van der Waals surface area contributed by atoms with Gasteiger partial charge in [-0.05, 0) is 55.8 Å². The van der Waals surface area contributed by atoms with Gasteiger partial charge in [-0.25, -0.2) is 9.36 Å². The number of benzene rings is 3. The summed E-state index contributed by atoms with van der Waals surface area (Å²) in [7, 11) is 0. The number of nitrogens with one attached hydrogen (secondary N) is 1. The van der Waals surface area contributed by atoms with E-state index in [1.807, 2.05) is 57.9 Å². The third-order valence-corrected chi connectivity index (χ3v) is 6.48. The van der Waals surface area contributed by atoms with Crippen LogP contribution in [0.15, 0.2) is 84.9 Å². The molecule has 162 valence electrons. The van der Waals surface area contributed by atoms with Crippen LogP contribution >= 0.6 is 11.6 Å². The summed E-state index contributed by atoms with van der Waals surface area (Å²) >= 11 is 6.24. The summed E-state index contributed by atoms with van der Waals surface area (Å²) in [4.78, 5) is 0. The summed E-state index contributed by atoms with van der Waals surface area (Å²) < 4.78 is 3.99. The van der Waals surface area contributed by atoms with Crippen LogP contribution < -0.4 is 5.32 Å². The third kappa shape index (κ3) is 3.16. The van der Waals surface area contributed by atoms with Gasteiger partial charge in [0.25, 0.3) is 0 Å². The molecule has 2 aromatic heterocycles. The second-order valence-corrected chi connectivity index (χ2v) is 8.74. The minimum atomic E-state index is -0.0107. The number of anilines is 2. The summed E-state index contributed by atoms with van der Waals surface area (Å²) in [5.74, 6) is 1.91. The summed E-state index contributed by atoms with van der Waals surface area (Å²) in [6.45, 7) is 4.15. The fraction of sp³-hybridized carbons (Fsp3) is 0.111. The van der Waals surface area contributed by atoms with E-state index in [9.17, 15) is 0 Å². The lowest BCUT2D eigenvalue weighted by molar-refractivity contribution is 0.850. The SMILES string of the molecule is Cc1nn(-c2ccccc2)c2c1C(c1ccc(Cl)cc1)c1c(C)nn(-c3ccccc3)c1N2. The highest BCUT2D eigenvalue weighted by Gasteiger charge is 2.37. The van der Waals surface area contributed by atoms with Crippen LogP contribution in [0.2, 0.25) is 5.02 Å². The van der Waals surface area contributed by atoms with Crippen molar-refractivity contribution in [1.82, 2.24) is 19.6 Å². The molecule has 0 atom stereocenters. The van der Waals surface area contributed by atoms with Crippen LogP contribution in [0, 0.1) is 13.8 Å². The summed E-state index contributed by atoms with van der Waals surface area (Å²) in [5.41, 5.74) is 7.46. The Hall–Kier alpha value is -3.83. The second kappa shape index (κ2) is 7.64. The Bertz CT molecular complexity index is 1360. The van der Waals surface area contributed by atoms with Crippen molar-refractivity contribution in [2.45, 2.75) is 19.8 Å². The van der Waals surface area contributed by atoms with E-state index in [4.69, 9.17) is 21.8 Å². The fourth-order valence-electron chi connectivity index (χ4n) is 4.77. The predicted molar refractivity (Wildman–Crippen MR) is 132 cm³/mol. The highest BCUT2D eigenvalue weighted by Crippen LogP contribution is 2.48. The molecule has 3 aromatic carbocycles. The molecule has 1 aliphatic heterocycles. The van der Waals surface area contributed by atoms with Crippen molar-refractivity contribution in [1.29, 1.82) is 0 Å². The van der Waals surface area contributed by atoms with E-state index >= 15 is 0 Å². The molecule has 0 unspecified atom stereocenters. The maximum Gasteiger partial charge on any atom is 0.139 e. The number of aryl methyl sites for hydroxylation is 2. The van der Waals surface area contributed by atoms with Gasteiger partial charge in [0.05, 0.1) is 22.8 Å². The first-order chi connectivity index (χ1) is 16.1. The molecule has 0 saturated heterocycles. The second-order valence-electron chi connectivity index (χ2n) is 8.30. The monoisotopic (exact) mass is 451 g/mol. The van der Waals surface area contributed by atoms with E-state index in [1.165, 1.54) is 0 Å². The Balaban J connectivity index is 1.64. The minimum Gasteiger partial charge on any atom is -0.324 e. The number of aromatic nitrogens is 4. The Labute approximate surface area is 197 Å². The molecule has 5 nitrogen and oxygen atoms in total. The first-order valence-corrected chi connectivity index (χ1v) is 11.3. The Morgan fingerprint density at radius 3 is 1.58 bits per heavy atom. The smallest absolute Gasteiger partial charge is 0.139 e. The molecular formula is C27H22ClN5. The summed E-state index contributed by atoms with van der Waals surface area (Å²) in [5, 5.41) is 14.3. The average Bonchev–Trinajstić information content (AvgIpc) is 3.36. The van der Waals surface area contributed by atoms with E-state index in [2.05, 4.69) is 55.6 Å². The van der Waals surface area contributed by atoms with Crippen LogP contribution in [0.25, 0.3) is 11.4 Å². The summed E-state index contributed by atoms with van der Waals surface area (Å²) in [6, 6.07) is 28.5. The molecular weight excluding hydrogens is 430 g/mol. The molecule has 0 bridgehead atoms. The van der Waals surface area contributed by atoms with Gasteiger partial charge in [0, 0.05) is 22.1 Å². The van der Waals surface area contributed by atoms with Crippen LogP contribution in [0.4, 0.5) is 11.6 Å². The number of fused-ring (bicyclic) bond motifs is 2. The first kappa shape index (κ1) is 19.8. The normalized spacial score (nSPS) is 12.8. The lowest BCUT2D eigenvalue weighted by Crippen LogP contribution is -2.17. The fourth-order valence-corrected chi connectivity index (χ4v) is 4.89. The molecule has 6 heteroatoms. The molecule has 33 heavy (non-hydrogen) atoms. The zero-order valence-corrected chi connectivity index (χ0v) is 19.1. The van der Waals surface area contributed by atoms with Gasteiger partial charge >= 0.3 is 0 Å². The number of nitrogens with zero attached hydrogens (tertiary/aromatic N) is 4. The van der Waals surface area contributed by atoms with Crippen LogP contribution in [0.1, 0.15) is 34.0 Å². The maximum atomic E-state index is 6.24. The summed E-state index contributed by atoms with van der Waals surface area (Å²) in [6.07, 6.45) is 0. The topological polar surface area (TPSA) is 47.7 Å². The van der Waals surface area contributed by atoms with E-state index in [0.717, 1.165) is 56.1 Å². The van der Waals surface area contributed by atoms with E-state index in [1.54, 1.807) is 0 Å². The van der Waals surface area contributed by atoms with Gasteiger partial charge in [-0.3, -0.25) is 0 Å². The number of hydrogen-bond acceptors (Lipinski definition) is 3. The first-order valence-electron chi connectivity index (χ1n) is 10.9. The molecule has 6 rings (SSSR count). The lowest BCUT2D eigenvalue weighted by Gasteiger charge is -2.27. The molecule has 0 spiro atoms. The van der Waals surface area contributed by atoms with Crippen LogP contribution in [-0.4, -0.2) is 19.6 Å². The standard InChI is InChI=1S/C27H22ClN5/c1-17-23-25(19-13-15-20(28)16-14-19)24-18(2)31-33(22-11-7-4-8-12-22)27(24)29-26(23)32(30-17)21-9-5-3-6-10-21/h3-16,25,29H,1-2H3. The molecule has 3 heterocycles. The Kier molecular flexibility index (Phi) is 4.59. The van der Waals surface area contributed by atoms with Crippen molar-refractivity contribution < 1.29 is 0 Å². The maximum absolute atomic E-state index is 6.24. The Morgan fingerprint density at radius 1 is 0.667 bits per heavy atom.